The fraction of sp³-hybridized carbons (Fsp3) is 0.667. The third kappa shape index (κ3) is 7.74. The third-order valence-electron chi connectivity index (χ3n) is 4.97. The molecule has 0 fully saturated rings. The van der Waals surface area contributed by atoms with Gasteiger partial charge in [-0.05, 0) is 58.8 Å². The average molecular weight is 395 g/mol. The molecule has 1 atom stereocenters. The number of nitrogens with two attached hydrogens (primary N) is 1. The highest BCUT2D eigenvalue weighted by molar-refractivity contribution is 6.74. The Labute approximate surface area is 166 Å². The van der Waals surface area contributed by atoms with Crippen molar-refractivity contribution in [3.8, 4) is 0 Å². The Morgan fingerprint density at radius 1 is 1.15 bits per heavy atom. The minimum Gasteiger partial charge on any atom is -0.410 e. The molecule has 0 saturated heterocycles. The predicted octanol–water partition coefficient (Wildman–Crippen LogP) is 4.66. The molecule has 1 amide bonds. The van der Waals surface area contributed by atoms with E-state index in [1.807, 2.05) is 39.0 Å². The molecule has 2 N–H and O–H groups in total. The summed E-state index contributed by atoms with van der Waals surface area (Å²) in [6.45, 7) is 15.7. The molecule has 0 aliphatic carbocycles. The third-order valence-corrected chi connectivity index (χ3v) is 9.26. The van der Waals surface area contributed by atoms with Crippen LogP contribution in [0.3, 0.4) is 0 Å². The van der Waals surface area contributed by atoms with Crippen molar-refractivity contribution in [2.75, 3.05) is 13.1 Å². The van der Waals surface area contributed by atoms with E-state index in [-0.39, 0.29) is 11.1 Å². The first-order chi connectivity index (χ1) is 12.4. The van der Waals surface area contributed by atoms with E-state index < -0.39 is 13.9 Å². The highest BCUT2D eigenvalue weighted by Gasteiger charge is 2.44. The van der Waals surface area contributed by atoms with Gasteiger partial charge in [0, 0.05) is 5.04 Å². The van der Waals surface area contributed by atoms with Crippen LogP contribution in [-0.4, -0.2) is 38.5 Å². The van der Waals surface area contributed by atoms with Crippen LogP contribution in [-0.2, 0) is 14.1 Å². The largest absolute Gasteiger partial charge is 0.410 e. The molecule has 0 radical (unpaired) electrons. The van der Waals surface area contributed by atoms with Crippen molar-refractivity contribution in [3.05, 3.63) is 35.9 Å². The van der Waals surface area contributed by atoms with Crippen molar-refractivity contribution in [1.29, 1.82) is 0 Å². The Kier molecular flexibility index (Phi) is 8.67. The standard InChI is InChI=1S/C21H38N2O3Si/c1-20(2,3)26-23(17-24)16-21(4,5)27(6,7)25-19(14-11-15-22)18-12-9-8-10-13-18/h8-10,12-13,17,19H,11,14-16,22H2,1-7H3. The van der Waals surface area contributed by atoms with Gasteiger partial charge < -0.3 is 10.2 Å². The van der Waals surface area contributed by atoms with E-state index in [2.05, 4.69) is 39.1 Å². The molecule has 27 heavy (non-hydrogen) atoms. The van der Waals surface area contributed by atoms with E-state index in [9.17, 15) is 4.79 Å². The van der Waals surface area contributed by atoms with Gasteiger partial charge >= 0.3 is 0 Å². The lowest BCUT2D eigenvalue weighted by Crippen LogP contribution is -2.50. The number of hydroxylamine groups is 2. The zero-order valence-corrected chi connectivity index (χ0v) is 19.1. The highest BCUT2D eigenvalue weighted by Crippen LogP contribution is 2.42. The molecular weight excluding hydrogens is 356 g/mol. The first-order valence-corrected chi connectivity index (χ1v) is 12.7. The number of hydrogen-bond donors (Lipinski definition) is 1. The molecule has 6 heteroatoms. The van der Waals surface area contributed by atoms with Crippen LogP contribution >= 0.6 is 0 Å². The van der Waals surface area contributed by atoms with E-state index >= 15 is 0 Å². The summed E-state index contributed by atoms with van der Waals surface area (Å²) in [5.41, 5.74) is 6.50. The number of benzene rings is 1. The van der Waals surface area contributed by atoms with Crippen LogP contribution in [0, 0.1) is 0 Å². The molecule has 0 bridgehead atoms. The Bertz CT molecular complexity index is 571. The van der Waals surface area contributed by atoms with Gasteiger partial charge in [0.1, 0.15) is 0 Å². The van der Waals surface area contributed by atoms with Crippen molar-refractivity contribution in [3.63, 3.8) is 0 Å². The van der Waals surface area contributed by atoms with E-state index in [4.69, 9.17) is 15.0 Å². The number of nitrogens with zero attached hydrogens (tertiary/aromatic N) is 1. The number of hydrogen-bond acceptors (Lipinski definition) is 4. The summed E-state index contributed by atoms with van der Waals surface area (Å²) in [4.78, 5) is 17.3. The quantitative estimate of drug-likeness (QED) is 0.337. The van der Waals surface area contributed by atoms with E-state index in [1.54, 1.807) is 0 Å². The molecule has 0 saturated carbocycles. The fourth-order valence-electron chi connectivity index (χ4n) is 2.80. The summed E-state index contributed by atoms with van der Waals surface area (Å²) in [6, 6.07) is 10.3. The lowest BCUT2D eigenvalue weighted by molar-refractivity contribution is -0.218. The van der Waals surface area contributed by atoms with Crippen LogP contribution in [0.1, 0.15) is 59.1 Å². The molecule has 1 aromatic rings. The summed E-state index contributed by atoms with van der Waals surface area (Å²) in [5.74, 6) is 0. The summed E-state index contributed by atoms with van der Waals surface area (Å²) >= 11 is 0. The summed E-state index contributed by atoms with van der Waals surface area (Å²) in [7, 11) is -2.20. The maximum absolute atomic E-state index is 11.5. The van der Waals surface area contributed by atoms with Crippen LogP contribution in [0.5, 0.6) is 0 Å². The lowest BCUT2D eigenvalue weighted by Gasteiger charge is -2.44. The fourth-order valence-corrected chi connectivity index (χ4v) is 4.62. The van der Waals surface area contributed by atoms with Gasteiger partial charge in [-0.1, -0.05) is 44.2 Å². The van der Waals surface area contributed by atoms with Crippen LogP contribution in [0.25, 0.3) is 0 Å². The first-order valence-electron chi connectivity index (χ1n) is 9.76. The van der Waals surface area contributed by atoms with E-state index in [0.29, 0.717) is 13.1 Å². The minimum atomic E-state index is -2.20. The van der Waals surface area contributed by atoms with Gasteiger partial charge in [0.15, 0.2) is 8.32 Å². The van der Waals surface area contributed by atoms with Crippen molar-refractivity contribution < 1.29 is 14.1 Å². The Hall–Kier alpha value is -1.21. The summed E-state index contributed by atoms with van der Waals surface area (Å²) in [5, 5.41) is 1.21. The molecule has 0 aliphatic heterocycles. The van der Waals surface area contributed by atoms with Gasteiger partial charge in [-0.2, -0.15) is 0 Å². The van der Waals surface area contributed by atoms with Gasteiger partial charge in [0.05, 0.1) is 18.2 Å². The Morgan fingerprint density at radius 2 is 1.74 bits per heavy atom. The zero-order valence-electron chi connectivity index (χ0n) is 18.1. The molecule has 0 spiro atoms. The van der Waals surface area contributed by atoms with Crippen LogP contribution in [0.4, 0.5) is 0 Å². The first kappa shape index (κ1) is 23.8. The Balaban J connectivity index is 2.96. The second-order valence-corrected chi connectivity index (χ2v) is 13.8. The molecular formula is C21H38N2O3Si. The highest BCUT2D eigenvalue weighted by atomic mass is 28.4. The normalized spacial score (nSPS) is 14.1. The Morgan fingerprint density at radius 3 is 2.22 bits per heavy atom. The van der Waals surface area contributed by atoms with E-state index in [0.717, 1.165) is 19.3 Å². The molecule has 154 valence electrons. The van der Waals surface area contributed by atoms with E-state index in [1.165, 1.54) is 10.6 Å². The topological polar surface area (TPSA) is 64.8 Å². The monoisotopic (exact) mass is 394 g/mol. The van der Waals surface area contributed by atoms with Crippen LogP contribution in [0.15, 0.2) is 30.3 Å². The number of carbonyl (C=O) groups is 1. The van der Waals surface area contributed by atoms with Crippen molar-refractivity contribution >= 4 is 14.7 Å². The number of amides is 1. The van der Waals surface area contributed by atoms with Gasteiger partial charge in [-0.25, -0.2) is 5.06 Å². The van der Waals surface area contributed by atoms with Crippen molar-refractivity contribution in [2.24, 2.45) is 5.73 Å². The molecule has 0 aliphatic rings. The maximum atomic E-state index is 11.5. The second kappa shape index (κ2) is 9.82. The molecule has 1 aromatic carbocycles. The molecule has 1 rings (SSSR count). The molecule has 1 unspecified atom stereocenters. The average Bonchev–Trinajstić information content (AvgIpc) is 2.57. The number of carbonyl (C=O) groups excluding carboxylic acids is 1. The zero-order chi connectivity index (χ0) is 20.7. The molecule has 0 heterocycles. The van der Waals surface area contributed by atoms with Gasteiger partial charge in [0.2, 0.25) is 6.41 Å². The minimum absolute atomic E-state index is 0.0175. The van der Waals surface area contributed by atoms with Gasteiger partial charge in [-0.3, -0.25) is 9.63 Å². The predicted molar refractivity (Wildman–Crippen MR) is 114 cm³/mol. The van der Waals surface area contributed by atoms with Gasteiger partial charge in [0.25, 0.3) is 0 Å². The summed E-state index contributed by atoms with van der Waals surface area (Å²) in [6.07, 6.45) is 2.59. The SMILES string of the molecule is CC(C)(C)ON(C=O)CC(C)(C)[Si](C)(C)OC(CCCN)c1ccccc1. The summed E-state index contributed by atoms with van der Waals surface area (Å²) < 4.78 is 6.75. The van der Waals surface area contributed by atoms with Crippen molar-refractivity contribution in [2.45, 2.75) is 77.3 Å². The van der Waals surface area contributed by atoms with Crippen LogP contribution in [0.2, 0.25) is 18.1 Å². The molecule has 5 nitrogen and oxygen atoms in total. The second-order valence-electron chi connectivity index (χ2n) is 9.23. The van der Waals surface area contributed by atoms with Crippen molar-refractivity contribution in [1.82, 2.24) is 5.06 Å². The van der Waals surface area contributed by atoms with Gasteiger partial charge in [-0.15, -0.1) is 0 Å². The van der Waals surface area contributed by atoms with Crippen LogP contribution < -0.4 is 5.73 Å². The maximum Gasteiger partial charge on any atom is 0.233 e. The lowest BCUT2D eigenvalue weighted by atomic mass is 10.1. The molecule has 0 aromatic heterocycles. The number of rotatable bonds is 11. The smallest absolute Gasteiger partial charge is 0.233 e.